The lowest BCUT2D eigenvalue weighted by Gasteiger charge is -2.18. The number of oxime groups is 1. The van der Waals surface area contributed by atoms with Crippen LogP contribution in [0.1, 0.15) is 27.5 Å². The molecule has 0 radical (unpaired) electrons. The van der Waals surface area contributed by atoms with E-state index in [1.165, 1.54) is 0 Å². The second-order valence-electron chi connectivity index (χ2n) is 6.34. The largest absolute Gasteiger partial charge is 0.457 e. The third-order valence-corrected chi connectivity index (χ3v) is 4.86. The maximum atomic E-state index is 12.8. The lowest BCUT2D eigenvalue weighted by molar-refractivity contribution is -0.144. The Labute approximate surface area is 182 Å². The van der Waals surface area contributed by atoms with Gasteiger partial charge in [-0.05, 0) is 29.8 Å². The number of nitrogens with one attached hydrogen (secondary N) is 1. The zero-order chi connectivity index (χ0) is 21.3. The van der Waals surface area contributed by atoms with Crippen molar-refractivity contribution in [2.45, 2.75) is 6.04 Å². The predicted molar refractivity (Wildman–Crippen MR) is 117 cm³/mol. The first kappa shape index (κ1) is 21.3. The summed E-state index contributed by atoms with van der Waals surface area (Å²) in [6.45, 7) is -0.249. The molecule has 0 unspecified atom stereocenters. The molecular weight excluding hydrogens is 448 g/mol. The van der Waals surface area contributed by atoms with Crippen LogP contribution in [-0.2, 0) is 9.53 Å². The number of carbonyl (C=O) groups is 2. The Morgan fingerprint density at radius 3 is 2.10 bits per heavy atom. The Balaban J connectivity index is 1.75. The van der Waals surface area contributed by atoms with Gasteiger partial charge in [-0.25, -0.2) is 4.79 Å². The highest BCUT2D eigenvalue weighted by molar-refractivity contribution is 9.10. The van der Waals surface area contributed by atoms with Gasteiger partial charge in [0.25, 0.3) is 5.91 Å². The fourth-order valence-electron chi connectivity index (χ4n) is 2.76. The number of halogens is 1. The second kappa shape index (κ2) is 10.4. The third-order valence-electron chi connectivity index (χ3n) is 4.33. The highest BCUT2D eigenvalue weighted by atomic mass is 79.9. The highest BCUT2D eigenvalue weighted by Gasteiger charge is 2.25. The van der Waals surface area contributed by atoms with Crippen molar-refractivity contribution in [2.75, 3.05) is 6.61 Å². The molecule has 3 aromatic carbocycles. The van der Waals surface area contributed by atoms with Crippen LogP contribution in [0.2, 0.25) is 0 Å². The van der Waals surface area contributed by atoms with Gasteiger partial charge in [0.2, 0.25) is 0 Å². The number of carbonyl (C=O) groups excluding carboxylic acids is 2. The van der Waals surface area contributed by atoms with E-state index in [1.54, 1.807) is 78.9 Å². The van der Waals surface area contributed by atoms with Crippen molar-refractivity contribution in [1.29, 1.82) is 0 Å². The molecule has 3 aromatic rings. The number of rotatable bonds is 7. The van der Waals surface area contributed by atoms with Crippen molar-refractivity contribution >= 4 is 33.5 Å². The summed E-state index contributed by atoms with van der Waals surface area (Å²) in [7, 11) is 0. The number of hydrogen-bond acceptors (Lipinski definition) is 5. The molecule has 1 atom stereocenters. The van der Waals surface area contributed by atoms with E-state index in [1.807, 2.05) is 6.07 Å². The van der Waals surface area contributed by atoms with Gasteiger partial charge in [0.05, 0.1) is 0 Å². The van der Waals surface area contributed by atoms with Gasteiger partial charge in [-0.2, -0.15) is 0 Å². The molecule has 0 aromatic heterocycles. The van der Waals surface area contributed by atoms with E-state index in [2.05, 4.69) is 26.4 Å². The van der Waals surface area contributed by atoms with Gasteiger partial charge in [-0.1, -0.05) is 81.7 Å². The Hall–Kier alpha value is -3.45. The number of nitrogens with zero attached hydrogens (tertiary/aromatic N) is 1. The summed E-state index contributed by atoms with van der Waals surface area (Å²) in [6.07, 6.45) is 0. The van der Waals surface area contributed by atoms with E-state index >= 15 is 0 Å². The van der Waals surface area contributed by atoms with Crippen LogP contribution in [0, 0.1) is 0 Å². The molecule has 0 heterocycles. The van der Waals surface area contributed by atoms with Crippen LogP contribution in [0.5, 0.6) is 0 Å². The van der Waals surface area contributed by atoms with Gasteiger partial charge in [0, 0.05) is 15.6 Å². The van der Waals surface area contributed by atoms with Gasteiger partial charge < -0.3 is 15.3 Å². The van der Waals surface area contributed by atoms with E-state index in [9.17, 15) is 14.8 Å². The van der Waals surface area contributed by atoms with Crippen molar-refractivity contribution in [3.63, 3.8) is 0 Å². The summed E-state index contributed by atoms with van der Waals surface area (Å²) in [5.74, 6) is -1.06. The molecule has 152 valence electrons. The number of ether oxygens (including phenoxy) is 1. The zero-order valence-electron chi connectivity index (χ0n) is 15.9. The van der Waals surface area contributed by atoms with E-state index < -0.39 is 17.9 Å². The van der Waals surface area contributed by atoms with E-state index in [0.29, 0.717) is 16.7 Å². The van der Waals surface area contributed by atoms with Gasteiger partial charge in [0.15, 0.2) is 6.04 Å². The first-order valence-corrected chi connectivity index (χ1v) is 9.92. The standard InChI is InChI=1S/C23H19BrN2O4/c24-19-13-11-16(12-14-19)20(26-29)15-30-23(28)21(17-7-3-1-4-8-17)25-22(27)18-9-5-2-6-10-18/h1-14,21,29H,15H2,(H,25,27)/t21-/m0/s1. The summed E-state index contributed by atoms with van der Waals surface area (Å²) in [5.41, 5.74) is 1.81. The molecule has 0 spiro atoms. The average Bonchev–Trinajstić information content (AvgIpc) is 2.79. The summed E-state index contributed by atoms with van der Waals surface area (Å²) in [6, 6.07) is 23.5. The maximum Gasteiger partial charge on any atom is 0.333 e. The summed E-state index contributed by atoms with van der Waals surface area (Å²) >= 11 is 3.34. The molecule has 2 N–H and O–H groups in total. The fraction of sp³-hybridized carbons (Fsp3) is 0.0870. The topological polar surface area (TPSA) is 88.0 Å². The lowest BCUT2D eigenvalue weighted by Crippen LogP contribution is -2.35. The number of esters is 1. The normalized spacial score (nSPS) is 12.1. The van der Waals surface area contributed by atoms with Gasteiger partial charge in [-0.15, -0.1) is 0 Å². The van der Waals surface area contributed by atoms with Crippen molar-refractivity contribution in [1.82, 2.24) is 5.32 Å². The maximum absolute atomic E-state index is 12.8. The SMILES string of the molecule is O=C(N[C@H](C(=O)OCC(=NO)c1ccc(Br)cc1)c1ccccc1)c1ccccc1. The molecule has 0 saturated carbocycles. The van der Waals surface area contributed by atoms with Crippen molar-refractivity contribution in [2.24, 2.45) is 5.16 Å². The Bertz CT molecular complexity index is 1020. The van der Waals surface area contributed by atoms with E-state index in [0.717, 1.165) is 4.47 Å². The van der Waals surface area contributed by atoms with E-state index in [-0.39, 0.29) is 12.3 Å². The minimum atomic E-state index is -1.01. The Morgan fingerprint density at radius 2 is 1.50 bits per heavy atom. The van der Waals surface area contributed by atoms with Crippen LogP contribution in [0.15, 0.2) is 94.6 Å². The van der Waals surface area contributed by atoms with Gasteiger partial charge in [-0.3, -0.25) is 4.79 Å². The Morgan fingerprint density at radius 1 is 0.900 bits per heavy atom. The van der Waals surface area contributed by atoms with Crippen molar-refractivity contribution in [3.8, 4) is 0 Å². The molecule has 0 aliphatic carbocycles. The molecule has 3 rings (SSSR count). The molecular formula is C23H19BrN2O4. The molecule has 7 heteroatoms. The molecule has 0 saturated heterocycles. The zero-order valence-corrected chi connectivity index (χ0v) is 17.5. The average molecular weight is 467 g/mol. The van der Waals surface area contributed by atoms with Crippen LogP contribution in [0.4, 0.5) is 0 Å². The minimum absolute atomic E-state index is 0.192. The predicted octanol–water partition coefficient (Wildman–Crippen LogP) is 4.34. The lowest BCUT2D eigenvalue weighted by atomic mass is 10.1. The molecule has 0 aliphatic rings. The van der Waals surface area contributed by atoms with Gasteiger partial charge in [0.1, 0.15) is 12.3 Å². The first-order valence-electron chi connectivity index (χ1n) is 9.13. The molecule has 0 fully saturated rings. The summed E-state index contributed by atoms with van der Waals surface area (Å²) < 4.78 is 6.25. The summed E-state index contributed by atoms with van der Waals surface area (Å²) in [5, 5.41) is 15.3. The molecule has 6 nitrogen and oxygen atoms in total. The quantitative estimate of drug-likeness (QED) is 0.234. The van der Waals surface area contributed by atoms with Gasteiger partial charge >= 0.3 is 5.97 Å². The van der Waals surface area contributed by atoms with Crippen LogP contribution in [0.3, 0.4) is 0 Å². The first-order chi connectivity index (χ1) is 14.6. The van der Waals surface area contributed by atoms with Crippen LogP contribution >= 0.6 is 15.9 Å². The van der Waals surface area contributed by atoms with Crippen molar-refractivity contribution in [3.05, 3.63) is 106 Å². The van der Waals surface area contributed by atoms with Crippen LogP contribution in [-0.4, -0.2) is 29.4 Å². The minimum Gasteiger partial charge on any atom is -0.457 e. The monoisotopic (exact) mass is 466 g/mol. The highest BCUT2D eigenvalue weighted by Crippen LogP contribution is 2.17. The summed E-state index contributed by atoms with van der Waals surface area (Å²) in [4.78, 5) is 25.4. The third kappa shape index (κ3) is 5.55. The number of benzene rings is 3. The van der Waals surface area contributed by atoms with Crippen LogP contribution in [0.25, 0.3) is 0 Å². The van der Waals surface area contributed by atoms with E-state index in [4.69, 9.17) is 4.74 Å². The molecule has 0 bridgehead atoms. The van der Waals surface area contributed by atoms with Crippen LogP contribution < -0.4 is 5.32 Å². The fourth-order valence-corrected chi connectivity index (χ4v) is 3.03. The number of amides is 1. The number of hydrogen-bond donors (Lipinski definition) is 2. The smallest absolute Gasteiger partial charge is 0.333 e. The van der Waals surface area contributed by atoms with Crippen molar-refractivity contribution < 1.29 is 19.5 Å². The molecule has 30 heavy (non-hydrogen) atoms. The Kier molecular flexibility index (Phi) is 7.34. The molecule has 1 amide bonds. The second-order valence-corrected chi connectivity index (χ2v) is 7.26. The molecule has 0 aliphatic heterocycles.